The molecule has 130 valence electrons. The number of rotatable bonds is 6. The second kappa shape index (κ2) is 7.64. The molecule has 1 amide bonds. The molecule has 1 saturated carbocycles. The monoisotopic (exact) mass is 334 g/mol. The van der Waals surface area contributed by atoms with E-state index in [9.17, 15) is 13.2 Å². The molecule has 0 heterocycles. The number of carbonyl (C=O) groups is 1. The van der Waals surface area contributed by atoms with Crippen LogP contribution in [-0.2, 0) is 14.6 Å². The number of ether oxygens (including phenoxy) is 1. The van der Waals surface area contributed by atoms with Gasteiger partial charge in [0.1, 0.15) is 5.60 Å². The molecule has 0 aromatic carbocycles. The molecule has 0 bridgehead atoms. The Hall–Kier alpha value is -0.820. The van der Waals surface area contributed by atoms with Crippen molar-refractivity contribution in [3.05, 3.63) is 0 Å². The number of sulfone groups is 1. The molecule has 0 aromatic heterocycles. The third kappa shape index (κ3) is 6.12. The van der Waals surface area contributed by atoms with Gasteiger partial charge in [0.15, 0.2) is 9.84 Å². The topological polar surface area (TPSA) is 75.7 Å². The van der Waals surface area contributed by atoms with E-state index in [1.165, 1.54) is 6.26 Å². The molecule has 0 aromatic rings. The Balaban J connectivity index is 2.46. The summed E-state index contributed by atoms with van der Waals surface area (Å²) in [5, 5.41) is 2.99. The van der Waals surface area contributed by atoms with Gasteiger partial charge >= 0.3 is 6.09 Å². The van der Waals surface area contributed by atoms with E-state index in [1.807, 2.05) is 27.7 Å². The van der Waals surface area contributed by atoms with E-state index >= 15 is 0 Å². The molecule has 2 unspecified atom stereocenters. The number of hydrogen-bond donors (Lipinski definition) is 1. The molecule has 1 fully saturated rings. The van der Waals surface area contributed by atoms with Gasteiger partial charge in [-0.2, -0.15) is 0 Å². The van der Waals surface area contributed by atoms with Crippen molar-refractivity contribution < 1.29 is 17.9 Å². The predicted octanol–water partition coefficient (Wildman–Crippen LogP) is 1.80. The lowest BCUT2D eigenvalue weighted by Crippen LogP contribution is -2.45. The van der Waals surface area contributed by atoms with Crippen molar-refractivity contribution in [3.63, 3.8) is 0 Å². The first-order valence-electron chi connectivity index (χ1n) is 7.94. The Morgan fingerprint density at radius 2 is 1.95 bits per heavy atom. The van der Waals surface area contributed by atoms with Gasteiger partial charge in [0, 0.05) is 31.9 Å². The van der Waals surface area contributed by atoms with Gasteiger partial charge in [0.2, 0.25) is 0 Å². The number of nitrogens with one attached hydrogen (secondary N) is 1. The van der Waals surface area contributed by atoms with Crippen molar-refractivity contribution in [1.29, 1.82) is 0 Å². The molecular weight excluding hydrogens is 304 g/mol. The predicted molar refractivity (Wildman–Crippen MR) is 87.8 cm³/mol. The van der Waals surface area contributed by atoms with Crippen LogP contribution in [0.15, 0.2) is 0 Å². The summed E-state index contributed by atoms with van der Waals surface area (Å²) in [7, 11) is -3.02. The van der Waals surface area contributed by atoms with Gasteiger partial charge in [0.25, 0.3) is 0 Å². The number of hydrogen-bond acceptors (Lipinski definition) is 5. The molecule has 7 heteroatoms. The van der Waals surface area contributed by atoms with Crippen molar-refractivity contribution in [3.8, 4) is 0 Å². The van der Waals surface area contributed by atoms with Crippen LogP contribution in [0, 0.1) is 0 Å². The Kier molecular flexibility index (Phi) is 6.67. The van der Waals surface area contributed by atoms with Crippen molar-refractivity contribution in [2.45, 2.75) is 63.9 Å². The summed E-state index contributed by atoms with van der Waals surface area (Å²) in [6.45, 7) is 9.07. The summed E-state index contributed by atoms with van der Waals surface area (Å²) in [6.07, 6.45) is 3.49. The van der Waals surface area contributed by atoms with Gasteiger partial charge in [-0.25, -0.2) is 13.2 Å². The largest absolute Gasteiger partial charge is 0.444 e. The quantitative estimate of drug-likeness (QED) is 0.801. The fourth-order valence-corrected chi connectivity index (χ4v) is 4.19. The van der Waals surface area contributed by atoms with Gasteiger partial charge in [-0.05, 0) is 40.5 Å². The first-order chi connectivity index (χ1) is 10.0. The highest BCUT2D eigenvalue weighted by atomic mass is 32.2. The lowest BCUT2D eigenvalue weighted by Gasteiger charge is -2.27. The molecule has 1 aliphatic rings. The molecule has 1 N–H and O–H groups in total. The van der Waals surface area contributed by atoms with Crippen molar-refractivity contribution in [2.75, 3.05) is 25.9 Å². The number of nitrogens with zero attached hydrogens (tertiary/aromatic N) is 1. The Morgan fingerprint density at radius 1 is 1.32 bits per heavy atom. The van der Waals surface area contributed by atoms with E-state index in [2.05, 4.69) is 5.32 Å². The summed E-state index contributed by atoms with van der Waals surface area (Å²) in [5.74, 6) is 0. The minimum absolute atomic E-state index is 0.00709. The lowest BCUT2D eigenvalue weighted by atomic mass is 10.2. The van der Waals surface area contributed by atoms with Gasteiger partial charge in [0.05, 0.1) is 5.25 Å². The highest BCUT2D eigenvalue weighted by molar-refractivity contribution is 7.91. The third-order valence-corrected chi connectivity index (χ3v) is 5.49. The molecule has 6 nitrogen and oxygen atoms in total. The number of amides is 1. The summed E-state index contributed by atoms with van der Waals surface area (Å²) < 4.78 is 28.8. The molecule has 1 aliphatic carbocycles. The van der Waals surface area contributed by atoms with Crippen LogP contribution in [0.25, 0.3) is 0 Å². The van der Waals surface area contributed by atoms with E-state index in [1.54, 1.807) is 4.90 Å². The molecule has 22 heavy (non-hydrogen) atoms. The zero-order chi connectivity index (χ0) is 17.0. The van der Waals surface area contributed by atoms with Gasteiger partial charge in [-0.3, -0.25) is 0 Å². The highest BCUT2D eigenvalue weighted by Crippen LogP contribution is 2.24. The fourth-order valence-electron chi connectivity index (χ4n) is 2.76. The summed E-state index contributed by atoms with van der Waals surface area (Å²) in [4.78, 5) is 13.6. The van der Waals surface area contributed by atoms with Crippen molar-refractivity contribution in [2.24, 2.45) is 0 Å². The Morgan fingerprint density at radius 3 is 2.45 bits per heavy atom. The molecular formula is C15H30N2O4S. The average molecular weight is 334 g/mol. The van der Waals surface area contributed by atoms with Crippen molar-refractivity contribution >= 4 is 15.9 Å². The molecule has 0 spiro atoms. The third-order valence-electron chi connectivity index (χ3n) is 3.82. The van der Waals surface area contributed by atoms with Crippen molar-refractivity contribution in [1.82, 2.24) is 10.2 Å². The van der Waals surface area contributed by atoms with E-state index in [4.69, 9.17) is 4.74 Å². The standard InChI is InChI=1S/C15H30N2O4S/c1-6-17(14(18)21-15(2,3)4)11-10-16-12-8-7-9-13(12)22(5,19)20/h12-13,16H,6-11H2,1-5H3. The molecule has 0 saturated heterocycles. The van der Waals surface area contributed by atoms with E-state index < -0.39 is 15.4 Å². The minimum atomic E-state index is -3.02. The van der Waals surface area contributed by atoms with Crippen LogP contribution >= 0.6 is 0 Å². The fraction of sp³-hybridized carbons (Fsp3) is 0.933. The first-order valence-corrected chi connectivity index (χ1v) is 9.90. The molecule has 0 radical (unpaired) electrons. The van der Waals surface area contributed by atoms with Gasteiger partial charge in [-0.1, -0.05) is 6.42 Å². The van der Waals surface area contributed by atoms with E-state index in [0.29, 0.717) is 19.6 Å². The number of likely N-dealkylation sites (N-methyl/N-ethyl adjacent to an activating group) is 1. The smallest absolute Gasteiger partial charge is 0.410 e. The van der Waals surface area contributed by atoms with E-state index in [-0.39, 0.29) is 17.4 Å². The second-order valence-corrected chi connectivity index (χ2v) is 9.18. The van der Waals surface area contributed by atoms with Crippen LogP contribution < -0.4 is 5.32 Å². The second-order valence-electron chi connectivity index (χ2n) is 6.92. The highest BCUT2D eigenvalue weighted by Gasteiger charge is 2.34. The lowest BCUT2D eigenvalue weighted by molar-refractivity contribution is 0.0261. The van der Waals surface area contributed by atoms with Crippen LogP contribution in [0.2, 0.25) is 0 Å². The summed E-state index contributed by atoms with van der Waals surface area (Å²) in [6, 6.07) is -0.00709. The van der Waals surface area contributed by atoms with Crippen LogP contribution in [0.1, 0.15) is 47.0 Å². The zero-order valence-electron chi connectivity index (χ0n) is 14.4. The van der Waals surface area contributed by atoms with E-state index in [0.717, 1.165) is 19.3 Å². The van der Waals surface area contributed by atoms with Crippen LogP contribution in [0.3, 0.4) is 0 Å². The Labute approximate surface area is 134 Å². The van der Waals surface area contributed by atoms with Crippen LogP contribution in [0.5, 0.6) is 0 Å². The maximum absolute atomic E-state index is 12.0. The average Bonchev–Trinajstić information content (AvgIpc) is 2.80. The zero-order valence-corrected chi connectivity index (χ0v) is 15.2. The normalized spacial score (nSPS) is 22.6. The maximum Gasteiger partial charge on any atom is 0.410 e. The SMILES string of the molecule is CCN(CCNC1CCCC1S(C)(=O)=O)C(=O)OC(C)(C)C. The van der Waals surface area contributed by atoms with Crippen LogP contribution in [0.4, 0.5) is 4.79 Å². The summed E-state index contributed by atoms with van der Waals surface area (Å²) in [5.41, 5.74) is -0.509. The Bertz CT molecular complexity index is 470. The molecule has 1 rings (SSSR count). The van der Waals surface area contributed by atoms with Gasteiger partial charge < -0.3 is 15.0 Å². The number of carbonyl (C=O) groups excluding carboxylic acids is 1. The van der Waals surface area contributed by atoms with Gasteiger partial charge in [-0.15, -0.1) is 0 Å². The molecule has 2 atom stereocenters. The summed E-state index contributed by atoms with van der Waals surface area (Å²) >= 11 is 0. The van der Waals surface area contributed by atoms with Crippen LogP contribution in [-0.4, -0.2) is 62.2 Å². The minimum Gasteiger partial charge on any atom is -0.444 e. The maximum atomic E-state index is 12.0. The first kappa shape index (κ1) is 19.2. The molecule has 0 aliphatic heterocycles.